The molecule has 1 heterocycles. The summed E-state index contributed by atoms with van der Waals surface area (Å²) in [6, 6.07) is 14.6. The Hall–Kier alpha value is -2.54. The zero-order valence-corrected chi connectivity index (χ0v) is 16.6. The third-order valence-electron chi connectivity index (χ3n) is 4.73. The van der Waals surface area contributed by atoms with Crippen LogP contribution in [0.2, 0.25) is 0 Å². The summed E-state index contributed by atoms with van der Waals surface area (Å²) in [7, 11) is -1.83. The van der Waals surface area contributed by atoms with E-state index in [4.69, 9.17) is 4.74 Å². The van der Waals surface area contributed by atoms with Crippen LogP contribution in [0.25, 0.3) is 0 Å². The first-order valence-electron chi connectivity index (χ1n) is 8.87. The van der Waals surface area contributed by atoms with Gasteiger partial charge in [-0.25, -0.2) is 8.42 Å². The molecule has 0 unspecified atom stereocenters. The Balaban J connectivity index is 1.71. The van der Waals surface area contributed by atoms with E-state index in [1.165, 1.54) is 16.9 Å². The van der Waals surface area contributed by atoms with Gasteiger partial charge in [-0.05, 0) is 55.7 Å². The summed E-state index contributed by atoms with van der Waals surface area (Å²) in [6.07, 6.45) is 2.41. The van der Waals surface area contributed by atoms with Gasteiger partial charge in [0.25, 0.3) is 5.91 Å². The standard InChI is InChI=1S/C20H24N2O4S/c1-15(20(23)22-14-6-8-16-7-4-5-9-19(16)22)26-18-12-10-17(11-13-18)21(2)27(3,24)25/h4-5,7,9-13,15H,6,8,14H2,1-3H3/t15-/m0/s1. The molecule has 0 radical (unpaired) electrons. The van der Waals surface area contributed by atoms with Gasteiger partial charge in [0.05, 0.1) is 11.9 Å². The first-order chi connectivity index (χ1) is 12.8. The van der Waals surface area contributed by atoms with Crippen LogP contribution in [0.1, 0.15) is 18.9 Å². The van der Waals surface area contributed by atoms with Crippen LogP contribution < -0.4 is 13.9 Å². The Morgan fingerprint density at radius 3 is 2.48 bits per heavy atom. The molecule has 1 aliphatic heterocycles. The van der Waals surface area contributed by atoms with E-state index in [0.717, 1.165) is 24.8 Å². The van der Waals surface area contributed by atoms with Gasteiger partial charge >= 0.3 is 0 Å². The number of para-hydroxylation sites is 1. The monoisotopic (exact) mass is 388 g/mol. The van der Waals surface area contributed by atoms with Crippen LogP contribution >= 0.6 is 0 Å². The Morgan fingerprint density at radius 1 is 1.15 bits per heavy atom. The molecule has 0 aromatic heterocycles. The summed E-state index contributed by atoms with van der Waals surface area (Å²) in [5.41, 5.74) is 2.67. The van der Waals surface area contributed by atoms with Crippen LogP contribution in [0.15, 0.2) is 48.5 Å². The van der Waals surface area contributed by atoms with E-state index in [9.17, 15) is 13.2 Å². The highest BCUT2D eigenvalue weighted by Crippen LogP contribution is 2.28. The maximum atomic E-state index is 12.9. The molecule has 0 aliphatic carbocycles. The number of rotatable bonds is 5. The Morgan fingerprint density at radius 2 is 1.81 bits per heavy atom. The number of sulfonamides is 1. The first kappa shape index (κ1) is 19.2. The van der Waals surface area contributed by atoms with Crippen LogP contribution in [0.3, 0.4) is 0 Å². The summed E-state index contributed by atoms with van der Waals surface area (Å²) in [5, 5.41) is 0. The number of aryl methyl sites for hydroxylation is 1. The number of hydrogen-bond acceptors (Lipinski definition) is 4. The van der Waals surface area contributed by atoms with E-state index in [-0.39, 0.29) is 5.91 Å². The minimum Gasteiger partial charge on any atom is -0.481 e. The van der Waals surface area contributed by atoms with Gasteiger partial charge in [-0.2, -0.15) is 0 Å². The van der Waals surface area contributed by atoms with Crippen molar-refractivity contribution in [1.82, 2.24) is 0 Å². The van der Waals surface area contributed by atoms with Crippen molar-refractivity contribution in [2.24, 2.45) is 0 Å². The lowest BCUT2D eigenvalue weighted by atomic mass is 10.0. The topological polar surface area (TPSA) is 66.9 Å². The van der Waals surface area contributed by atoms with Crippen molar-refractivity contribution >= 4 is 27.3 Å². The lowest BCUT2D eigenvalue weighted by Gasteiger charge is -2.31. The van der Waals surface area contributed by atoms with Crippen molar-refractivity contribution in [2.75, 3.05) is 29.1 Å². The molecule has 27 heavy (non-hydrogen) atoms. The molecule has 1 atom stereocenters. The molecule has 0 fully saturated rings. The fourth-order valence-corrected chi connectivity index (χ4v) is 3.67. The summed E-state index contributed by atoms with van der Waals surface area (Å²) < 4.78 is 30.2. The Kier molecular flexibility index (Phi) is 5.41. The molecular weight excluding hydrogens is 364 g/mol. The van der Waals surface area contributed by atoms with Crippen LogP contribution in [0.5, 0.6) is 5.75 Å². The second-order valence-corrected chi connectivity index (χ2v) is 8.72. The Labute approximate surface area is 160 Å². The number of hydrogen-bond donors (Lipinski definition) is 0. The number of anilines is 2. The Bertz CT molecular complexity index is 925. The molecule has 0 bridgehead atoms. The number of nitrogens with zero attached hydrogens (tertiary/aromatic N) is 2. The molecule has 2 aromatic rings. The van der Waals surface area contributed by atoms with E-state index >= 15 is 0 Å². The zero-order valence-electron chi connectivity index (χ0n) is 15.8. The molecule has 0 N–H and O–H groups in total. The molecule has 0 saturated heterocycles. The van der Waals surface area contributed by atoms with E-state index in [1.807, 2.05) is 18.2 Å². The molecule has 1 amide bonds. The lowest BCUT2D eigenvalue weighted by molar-refractivity contribution is -0.124. The van der Waals surface area contributed by atoms with E-state index in [1.54, 1.807) is 36.1 Å². The molecule has 0 spiro atoms. The van der Waals surface area contributed by atoms with Crippen molar-refractivity contribution in [3.05, 3.63) is 54.1 Å². The van der Waals surface area contributed by atoms with Crippen molar-refractivity contribution in [1.29, 1.82) is 0 Å². The van der Waals surface area contributed by atoms with Crippen molar-refractivity contribution in [3.63, 3.8) is 0 Å². The van der Waals surface area contributed by atoms with Crippen molar-refractivity contribution in [3.8, 4) is 5.75 Å². The molecule has 1 aliphatic rings. The predicted molar refractivity (Wildman–Crippen MR) is 107 cm³/mol. The molecule has 7 heteroatoms. The van der Waals surface area contributed by atoms with Crippen molar-refractivity contribution in [2.45, 2.75) is 25.9 Å². The summed E-state index contributed by atoms with van der Waals surface area (Å²) in [6.45, 7) is 2.41. The van der Waals surface area contributed by atoms with Gasteiger partial charge in [0, 0.05) is 19.3 Å². The molecule has 3 rings (SSSR count). The van der Waals surface area contributed by atoms with Crippen molar-refractivity contribution < 1.29 is 17.9 Å². The fourth-order valence-electron chi connectivity index (χ4n) is 3.16. The lowest BCUT2D eigenvalue weighted by Crippen LogP contribution is -2.43. The number of fused-ring (bicyclic) bond motifs is 1. The molecule has 144 valence electrons. The third-order valence-corrected chi connectivity index (χ3v) is 5.94. The molecule has 0 saturated carbocycles. The smallest absolute Gasteiger partial charge is 0.267 e. The van der Waals surface area contributed by atoms with Gasteiger partial charge in [-0.3, -0.25) is 9.10 Å². The quantitative estimate of drug-likeness (QED) is 0.790. The largest absolute Gasteiger partial charge is 0.481 e. The number of carbonyl (C=O) groups is 1. The highest BCUT2D eigenvalue weighted by atomic mass is 32.2. The maximum absolute atomic E-state index is 12.9. The number of ether oxygens (including phenoxy) is 1. The number of carbonyl (C=O) groups excluding carboxylic acids is 1. The average molecular weight is 388 g/mol. The minimum atomic E-state index is -3.32. The molecular formula is C20H24N2O4S. The molecule has 2 aromatic carbocycles. The number of benzene rings is 2. The van der Waals surface area contributed by atoms with E-state index in [0.29, 0.717) is 18.0 Å². The normalized spacial score (nSPS) is 15.0. The summed E-state index contributed by atoms with van der Waals surface area (Å²) >= 11 is 0. The average Bonchev–Trinajstić information content (AvgIpc) is 2.66. The van der Waals surface area contributed by atoms with Crippen LogP contribution in [0, 0.1) is 0 Å². The highest BCUT2D eigenvalue weighted by Gasteiger charge is 2.27. The summed E-state index contributed by atoms with van der Waals surface area (Å²) in [5.74, 6) is 0.436. The number of amides is 1. The van der Waals surface area contributed by atoms with E-state index in [2.05, 4.69) is 6.07 Å². The van der Waals surface area contributed by atoms with Gasteiger partial charge in [0.2, 0.25) is 10.0 Å². The second kappa shape index (κ2) is 7.60. The van der Waals surface area contributed by atoms with Crippen LogP contribution in [-0.2, 0) is 21.2 Å². The van der Waals surface area contributed by atoms with Gasteiger partial charge in [0.1, 0.15) is 5.75 Å². The van der Waals surface area contributed by atoms with Crippen LogP contribution in [-0.4, -0.2) is 40.3 Å². The van der Waals surface area contributed by atoms with E-state index < -0.39 is 16.1 Å². The molecule has 6 nitrogen and oxygen atoms in total. The summed E-state index contributed by atoms with van der Waals surface area (Å²) in [4.78, 5) is 14.7. The minimum absolute atomic E-state index is 0.0838. The van der Waals surface area contributed by atoms with Gasteiger partial charge < -0.3 is 9.64 Å². The second-order valence-electron chi connectivity index (χ2n) is 6.71. The first-order valence-corrected chi connectivity index (χ1v) is 10.7. The SMILES string of the molecule is C[C@H](Oc1ccc(N(C)S(C)(=O)=O)cc1)C(=O)N1CCCc2ccccc21. The van der Waals surface area contributed by atoms with Gasteiger partial charge in [-0.15, -0.1) is 0 Å². The maximum Gasteiger partial charge on any atom is 0.267 e. The van der Waals surface area contributed by atoms with Gasteiger partial charge in [-0.1, -0.05) is 18.2 Å². The fraction of sp³-hybridized carbons (Fsp3) is 0.350. The predicted octanol–water partition coefficient (Wildman–Crippen LogP) is 2.83. The van der Waals surface area contributed by atoms with Crippen LogP contribution in [0.4, 0.5) is 11.4 Å². The zero-order chi connectivity index (χ0) is 19.6. The highest BCUT2D eigenvalue weighted by molar-refractivity contribution is 7.92. The van der Waals surface area contributed by atoms with Gasteiger partial charge in [0.15, 0.2) is 6.10 Å². The third kappa shape index (κ3) is 4.24.